The van der Waals surface area contributed by atoms with Crippen LogP contribution in [0.2, 0.25) is 0 Å². The van der Waals surface area contributed by atoms with Gasteiger partial charge in [0, 0.05) is 12.7 Å². The van der Waals surface area contributed by atoms with Crippen LogP contribution in [0, 0.1) is 0 Å². The number of unbranched alkanes of at least 4 members (excludes halogenated alkanes) is 1. The smallest absolute Gasteiger partial charge is 0.383 e. The molecule has 0 aliphatic heterocycles. The lowest BCUT2D eigenvalue weighted by Gasteiger charge is -2.08. The van der Waals surface area contributed by atoms with Gasteiger partial charge in [0.15, 0.2) is 5.75 Å². The van der Waals surface area contributed by atoms with E-state index in [0.717, 1.165) is 5.57 Å². The number of benzene rings is 1. The number of aromatic hydroxyl groups is 1. The largest absolute Gasteiger partial charge is 0.504 e. The summed E-state index contributed by atoms with van der Waals surface area (Å²) in [5.74, 6) is -0.0603. The third kappa shape index (κ3) is 4.39. The normalized spacial score (nSPS) is 11.1. The fourth-order valence-corrected chi connectivity index (χ4v) is 1.96. The summed E-state index contributed by atoms with van der Waals surface area (Å²) in [7, 11) is 0. The van der Waals surface area contributed by atoms with Gasteiger partial charge in [0.05, 0.1) is 18.3 Å². The van der Waals surface area contributed by atoms with Crippen LogP contribution in [0.3, 0.4) is 0 Å². The SMILES string of the molecule is C=C(C)C=COc1c(O)c2ccc(OCCCCO)cc2oc1=O. The zero-order valence-corrected chi connectivity index (χ0v) is 13.4. The van der Waals surface area contributed by atoms with Crippen LogP contribution in [0.4, 0.5) is 0 Å². The standard InChI is InChI=1S/C18H20O6/c1-12(2)7-10-23-17-16(20)14-6-5-13(22-9-4-3-8-19)11-15(14)24-18(17)21/h5-7,10-11,19-20H,1,3-4,8-9H2,2H3. The predicted octanol–water partition coefficient (Wildman–Crippen LogP) is 3.12. The molecule has 0 unspecified atom stereocenters. The van der Waals surface area contributed by atoms with Crippen molar-refractivity contribution in [2.45, 2.75) is 19.8 Å². The average molecular weight is 332 g/mol. The van der Waals surface area contributed by atoms with Crippen LogP contribution in [0.25, 0.3) is 11.0 Å². The first-order chi connectivity index (χ1) is 11.5. The Bertz CT molecular complexity index is 803. The molecule has 0 fully saturated rings. The number of aliphatic hydroxyl groups is 1. The summed E-state index contributed by atoms with van der Waals surface area (Å²) in [5.41, 5.74) is 0.153. The molecule has 24 heavy (non-hydrogen) atoms. The maximum Gasteiger partial charge on any atom is 0.383 e. The van der Waals surface area contributed by atoms with Gasteiger partial charge in [-0.25, -0.2) is 4.79 Å². The molecule has 0 amide bonds. The molecule has 0 spiro atoms. The highest BCUT2D eigenvalue weighted by molar-refractivity contribution is 5.86. The van der Waals surface area contributed by atoms with Crippen molar-refractivity contribution < 1.29 is 24.1 Å². The van der Waals surface area contributed by atoms with Crippen molar-refractivity contribution in [3.63, 3.8) is 0 Å². The minimum atomic E-state index is -0.788. The summed E-state index contributed by atoms with van der Waals surface area (Å²) in [6, 6.07) is 4.78. The van der Waals surface area contributed by atoms with Crippen molar-refractivity contribution in [3.8, 4) is 17.2 Å². The van der Waals surface area contributed by atoms with Crippen LogP contribution in [-0.4, -0.2) is 23.4 Å². The van der Waals surface area contributed by atoms with Gasteiger partial charge in [0.1, 0.15) is 11.3 Å². The van der Waals surface area contributed by atoms with E-state index in [1.165, 1.54) is 12.3 Å². The van der Waals surface area contributed by atoms with Crippen molar-refractivity contribution in [3.05, 3.63) is 53.1 Å². The first kappa shape index (κ1) is 17.6. The van der Waals surface area contributed by atoms with Gasteiger partial charge in [-0.3, -0.25) is 0 Å². The first-order valence-electron chi connectivity index (χ1n) is 7.55. The van der Waals surface area contributed by atoms with Crippen molar-refractivity contribution >= 4 is 11.0 Å². The number of aliphatic hydroxyl groups excluding tert-OH is 1. The summed E-state index contributed by atoms with van der Waals surface area (Å²) >= 11 is 0. The third-order valence-corrected chi connectivity index (χ3v) is 3.17. The van der Waals surface area contributed by atoms with E-state index in [2.05, 4.69) is 6.58 Å². The molecule has 0 radical (unpaired) electrons. The Hall–Kier alpha value is -2.73. The summed E-state index contributed by atoms with van der Waals surface area (Å²) in [6.07, 6.45) is 4.19. The lowest BCUT2D eigenvalue weighted by atomic mass is 10.2. The highest BCUT2D eigenvalue weighted by Crippen LogP contribution is 2.33. The van der Waals surface area contributed by atoms with Gasteiger partial charge in [-0.1, -0.05) is 12.2 Å². The maximum absolute atomic E-state index is 12.0. The Morgan fingerprint density at radius 2 is 2.17 bits per heavy atom. The van der Waals surface area contributed by atoms with Crippen LogP contribution in [0.5, 0.6) is 17.2 Å². The number of allylic oxidation sites excluding steroid dienone is 2. The summed E-state index contributed by atoms with van der Waals surface area (Å²) in [4.78, 5) is 12.0. The molecule has 2 N–H and O–H groups in total. The van der Waals surface area contributed by atoms with E-state index in [4.69, 9.17) is 19.0 Å². The molecule has 0 atom stereocenters. The van der Waals surface area contributed by atoms with Gasteiger partial charge in [-0.2, -0.15) is 0 Å². The van der Waals surface area contributed by atoms with Crippen molar-refractivity contribution in [2.24, 2.45) is 0 Å². The molecule has 1 aromatic carbocycles. The van der Waals surface area contributed by atoms with E-state index in [1.807, 2.05) is 0 Å². The molecule has 0 saturated heterocycles. The Balaban J connectivity index is 2.25. The summed E-state index contributed by atoms with van der Waals surface area (Å²) in [6.45, 7) is 5.99. The lowest BCUT2D eigenvalue weighted by Crippen LogP contribution is -2.04. The molecule has 0 bridgehead atoms. The first-order valence-corrected chi connectivity index (χ1v) is 7.55. The molecule has 6 nitrogen and oxygen atoms in total. The molecule has 128 valence electrons. The number of ether oxygens (including phenoxy) is 2. The third-order valence-electron chi connectivity index (χ3n) is 3.17. The van der Waals surface area contributed by atoms with Gasteiger partial charge in [0.2, 0.25) is 0 Å². The fraction of sp³-hybridized carbons (Fsp3) is 0.278. The van der Waals surface area contributed by atoms with E-state index in [-0.39, 0.29) is 23.7 Å². The van der Waals surface area contributed by atoms with Crippen LogP contribution < -0.4 is 15.1 Å². The van der Waals surface area contributed by atoms with Crippen LogP contribution >= 0.6 is 0 Å². The van der Waals surface area contributed by atoms with E-state index < -0.39 is 5.63 Å². The Morgan fingerprint density at radius 1 is 1.38 bits per heavy atom. The molecule has 0 aliphatic rings. The zero-order valence-electron chi connectivity index (χ0n) is 13.4. The molecule has 0 saturated carbocycles. The number of hydrogen-bond donors (Lipinski definition) is 2. The molecular formula is C18H20O6. The minimum absolute atomic E-state index is 0.117. The van der Waals surface area contributed by atoms with Crippen molar-refractivity contribution in [1.82, 2.24) is 0 Å². The van der Waals surface area contributed by atoms with Crippen LogP contribution in [-0.2, 0) is 0 Å². The minimum Gasteiger partial charge on any atom is -0.504 e. The zero-order chi connectivity index (χ0) is 17.5. The molecule has 0 aliphatic carbocycles. The van der Waals surface area contributed by atoms with Crippen molar-refractivity contribution in [2.75, 3.05) is 13.2 Å². The summed E-state index contributed by atoms with van der Waals surface area (Å²) < 4.78 is 15.8. The fourth-order valence-electron chi connectivity index (χ4n) is 1.96. The lowest BCUT2D eigenvalue weighted by molar-refractivity contribution is 0.253. The molecule has 1 aromatic heterocycles. The second-order valence-electron chi connectivity index (χ2n) is 5.27. The molecule has 2 aromatic rings. The van der Waals surface area contributed by atoms with Gasteiger partial charge >= 0.3 is 5.63 Å². The second-order valence-corrected chi connectivity index (χ2v) is 5.27. The van der Waals surface area contributed by atoms with Gasteiger partial charge in [-0.05, 0) is 38.0 Å². The number of fused-ring (bicyclic) bond motifs is 1. The maximum atomic E-state index is 12.0. The Kier molecular flexibility index (Phi) is 6.03. The van der Waals surface area contributed by atoms with Crippen LogP contribution in [0.1, 0.15) is 19.8 Å². The average Bonchev–Trinajstić information content (AvgIpc) is 2.54. The molecular weight excluding hydrogens is 312 g/mol. The predicted molar refractivity (Wildman–Crippen MR) is 90.5 cm³/mol. The number of hydrogen-bond acceptors (Lipinski definition) is 6. The van der Waals surface area contributed by atoms with Crippen molar-refractivity contribution in [1.29, 1.82) is 0 Å². The Labute approximate surface area is 139 Å². The van der Waals surface area contributed by atoms with E-state index in [0.29, 0.717) is 30.6 Å². The van der Waals surface area contributed by atoms with E-state index in [1.54, 1.807) is 25.1 Å². The van der Waals surface area contributed by atoms with Gasteiger partial charge in [-0.15, -0.1) is 0 Å². The van der Waals surface area contributed by atoms with Gasteiger partial charge in [0.25, 0.3) is 5.75 Å². The Morgan fingerprint density at radius 3 is 2.88 bits per heavy atom. The molecule has 2 rings (SSSR count). The van der Waals surface area contributed by atoms with E-state index >= 15 is 0 Å². The highest BCUT2D eigenvalue weighted by atomic mass is 16.5. The topological polar surface area (TPSA) is 89.1 Å². The number of rotatable bonds is 8. The van der Waals surface area contributed by atoms with Crippen LogP contribution in [0.15, 0.2) is 51.9 Å². The quantitative estimate of drug-likeness (QED) is 0.334. The summed E-state index contributed by atoms with van der Waals surface area (Å²) in [5, 5.41) is 19.3. The molecule has 6 heteroatoms. The second kappa shape index (κ2) is 8.21. The highest BCUT2D eigenvalue weighted by Gasteiger charge is 2.15. The van der Waals surface area contributed by atoms with Gasteiger partial charge < -0.3 is 24.1 Å². The molecule has 1 heterocycles. The van der Waals surface area contributed by atoms with E-state index in [9.17, 15) is 9.90 Å². The monoisotopic (exact) mass is 332 g/mol.